The molecule has 86 valence electrons. The predicted octanol–water partition coefficient (Wildman–Crippen LogP) is -0.515. The summed E-state index contributed by atoms with van der Waals surface area (Å²) in [7, 11) is 1.52. The van der Waals surface area contributed by atoms with Crippen LogP contribution in [0.15, 0.2) is 0 Å². The minimum Gasteiger partial charge on any atom is -0.465 e. The molecule has 0 aliphatic carbocycles. The minimum atomic E-state index is -0.974. The summed E-state index contributed by atoms with van der Waals surface area (Å²) in [6.07, 6.45) is -0.233. The van der Waals surface area contributed by atoms with E-state index in [9.17, 15) is 14.7 Å². The zero-order chi connectivity index (χ0) is 11.5. The van der Waals surface area contributed by atoms with Crippen LogP contribution < -0.4 is 5.32 Å². The van der Waals surface area contributed by atoms with Crippen molar-refractivity contribution in [2.45, 2.75) is 12.8 Å². The van der Waals surface area contributed by atoms with Crippen LogP contribution in [0.1, 0.15) is 12.8 Å². The highest BCUT2D eigenvalue weighted by molar-refractivity contribution is 5.82. The lowest BCUT2D eigenvalue weighted by Gasteiger charge is -2.37. The summed E-state index contributed by atoms with van der Waals surface area (Å²) in [6, 6.07) is 0. The molecule has 0 saturated carbocycles. The first-order chi connectivity index (χ1) is 7.05. The highest BCUT2D eigenvalue weighted by Crippen LogP contribution is 2.31. The fraction of sp³-hybridized carbons (Fsp3) is 0.778. The summed E-state index contributed by atoms with van der Waals surface area (Å²) in [4.78, 5) is 23.5. The van der Waals surface area contributed by atoms with Crippen molar-refractivity contribution in [1.82, 2.24) is 10.2 Å². The van der Waals surface area contributed by atoms with Crippen molar-refractivity contribution in [3.63, 3.8) is 0 Å². The number of carbonyl (C=O) groups excluding carboxylic acids is 1. The van der Waals surface area contributed by atoms with Crippen molar-refractivity contribution in [3.8, 4) is 0 Å². The maximum Gasteiger partial charge on any atom is 0.407 e. The molecule has 0 spiro atoms. The maximum atomic E-state index is 11.6. The second-order valence-electron chi connectivity index (χ2n) is 3.79. The molecule has 1 aliphatic heterocycles. The molecule has 2 amide bonds. The summed E-state index contributed by atoms with van der Waals surface area (Å²) in [5.41, 5.74) is -0.805. The van der Waals surface area contributed by atoms with Crippen LogP contribution in [0.25, 0.3) is 0 Å². The number of likely N-dealkylation sites (tertiary alicyclic amines) is 1. The number of piperidine rings is 1. The molecule has 0 atom stereocenters. The molecule has 0 aromatic carbocycles. The standard InChI is InChI=1S/C9H16N2O4/c1-10-7(13)9(6-12)2-4-11(5-3-9)8(14)15/h12H,2-6H2,1H3,(H,10,13)(H,14,15). The Bertz CT molecular complexity index is 259. The van der Waals surface area contributed by atoms with E-state index in [-0.39, 0.29) is 12.5 Å². The van der Waals surface area contributed by atoms with E-state index in [0.29, 0.717) is 25.9 Å². The van der Waals surface area contributed by atoms with E-state index in [2.05, 4.69) is 5.32 Å². The Morgan fingerprint density at radius 2 is 1.93 bits per heavy atom. The van der Waals surface area contributed by atoms with Crippen molar-refractivity contribution < 1.29 is 19.8 Å². The van der Waals surface area contributed by atoms with Crippen LogP contribution in [0.2, 0.25) is 0 Å². The van der Waals surface area contributed by atoms with Crippen LogP contribution in [0, 0.1) is 5.41 Å². The van der Waals surface area contributed by atoms with E-state index in [1.54, 1.807) is 0 Å². The summed E-state index contributed by atoms with van der Waals surface area (Å²) in [5, 5.41) is 20.5. The van der Waals surface area contributed by atoms with Gasteiger partial charge in [0.15, 0.2) is 0 Å². The first-order valence-electron chi connectivity index (χ1n) is 4.86. The third kappa shape index (κ3) is 2.20. The van der Waals surface area contributed by atoms with Gasteiger partial charge < -0.3 is 20.4 Å². The van der Waals surface area contributed by atoms with E-state index < -0.39 is 11.5 Å². The number of carbonyl (C=O) groups is 2. The van der Waals surface area contributed by atoms with Gasteiger partial charge in [-0.1, -0.05) is 0 Å². The van der Waals surface area contributed by atoms with Gasteiger partial charge in [0.2, 0.25) is 5.91 Å². The quantitative estimate of drug-likeness (QED) is 0.579. The predicted molar refractivity (Wildman–Crippen MR) is 52.4 cm³/mol. The van der Waals surface area contributed by atoms with Gasteiger partial charge in [0.05, 0.1) is 12.0 Å². The number of rotatable bonds is 2. The molecule has 0 aromatic rings. The summed E-state index contributed by atoms with van der Waals surface area (Å²) < 4.78 is 0. The third-order valence-corrected chi connectivity index (χ3v) is 3.00. The molecule has 0 radical (unpaired) electrons. The van der Waals surface area contributed by atoms with Gasteiger partial charge in [-0.15, -0.1) is 0 Å². The molecular formula is C9H16N2O4. The lowest BCUT2D eigenvalue weighted by Crippen LogP contribution is -2.51. The fourth-order valence-electron chi connectivity index (χ4n) is 1.85. The monoisotopic (exact) mass is 216 g/mol. The molecule has 3 N–H and O–H groups in total. The number of carboxylic acid groups (broad SMARTS) is 1. The number of nitrogens with one attached hydrogen (secondary N) is 1. The summed E-state index contributed by atoms with van der Waals surface area (Å²) in [5.74, 6) is -0.213. The highest BCUT2D eigenvalue weighted by atomic mass is 16.4. The largest absolute Gasteiger partial charge is 0.465 e. The topological polar surface area (TPSA) is 89.9 Å². The van der Waals surface area contributed by atoms with Crippen molar-refractivity contribution in [2.75, 3.05) is 26.7 Å². The van der Waals surface area contributed by atoms with Crippen molar-refractivity contribution in [3.05, 3.63) is 0 Å². The molecule has 1 fully saturated rings. The molecular weight excluding hydrogens is 200 g/mol. The third-order valence-electron chi connectivity index (χ3n) is 3.00. The normalized spacial score (nSPS) is 19.7. The second kappa shape index (κ2) is 4.48. The second-order valence-corrected chi connectivity index (χ2v) is 3.79. The van der Waals surface area contributed by atoms with Crippen molar-refractivity contribution >= 4 is 12.0 Å². The molecule has 6 nitrogen and oxygen atoms in total. The van der Waals surface area contributed by atoms with Crippen LogP contribution in [0.3, 0.4) is 0 Å². The lowest BCUT2D eigenvalue weighted by atomic mass is 9.78. The molecule has 1 saturated heterocycles. The molecule has 6 heteroatoms. The van der Waals surface area contributed by atoms with Crippen LogP contribution in [-0.2, 0) is 4.79 Å². The lowest BCUT2D eigenvalue weighted by molar-refractivity contribution is -0.136. The van der Waals surface area contributed by atoms with E-state index in [0.717, 1.165) is 0 Å². The summed E-state index contributed by atoms with van der Waals surface area (Å²) >= 11 is 0. The number of hydrogen-bond acceptors (Lipinski definition) is 3. The van der Waals surface area contributed by atoms with Gasteiger partial charge in [0, 0.05) is 20.1 Å². The Labute approximate surface area is 87.9 Å². The Balaban J connectivity index is 2.66. The summed E-state index contributed by atoms with van der Waals surface area (Å²) in [6.45, 7) is 0.354. The smallest absolute Gasteiger partial charge is 0.407 e. The van der Waals surface area contributed by atoms with Gasteiger partial charge in [-0.25, -0.2) is 4.79 Å². The van der Waals surface area contributed by atoms with Gasteiger partial charge in [0.1, 0.15) is 0 Å². The van der Waals surface area contributed by atoms with Gasteiger partial charge >= 0.3 is 6.09 Å². The maximum absolute atomic E-state index is 11.6. The molecule has 0 bridgehead atoms. The fourth-order valence-corrected chi connectivity index (χ4v) is 1.85. The Morgan fingerprint density at radius 3 is 2.27 bits per heavy atom. The van der Waals surface area contributed by atoms with Crippen LogP contribution in [0.4, 0.5) is 4.79 Å². The number of nitrogens with zero attached hydrogens (tertiary/aromatic N) is 1. The van der Waals surface area contributed by atoms with E-state index in [1.165, 1.54) is 11.9 Å². The first kappa shape index (κ1) is 11.8. The number of aliphatic hydroxyl groups is 1. The van der Waals surface area contributed by atoms with E-state index in [4.69, 9.17) is 5.11 Å². The zero-order valence-corrected chi connectivity index (χ0v) is 8.69. The number of hydrogen-bond donors (Lipinski definition) is 3. The average molecular weight is 216 g/mol. The van der Waals surface area contributed by atoms with Crippen molar-refractivity contribution in [2.24, 2.45) is 5.41 Å². The number of amides is 2. The van der Waals surface area contributed by atoms with Crippen LogP contribution in [-0.4, -0.2) is 53.9 Å². The molecule has 15 heavy (non-hydrogen) atoms. The van der Waals surface area contributed by atoms with Gasteiger partial charge in [-0.05, 0) is 12.8 Å². The Hall–Kier alpha value is -1.30. The zero-order valence-electron chi connectivity index (χ0n) is 8.69. The van der Waals surface area contributed by atoms with Crippen LogP contribution in [0.5, 0.6) is 0 Å². The molecule has 1 heterocycles. The van der Waals surface area contributed by atoms with Gasteiger partial charge in [0.25, 0.3) is 0 Å². The SMILES string of the molecule is CNC(=O)C1(CO)CCN(C(=O)O)CC1. The molecule has 0 unspecified atom stereocenters. The van der Waals surface area contributed by atoms with Crippen LogP contribution >= 0.6 is 0 Å². The molecule has 1 aliphatic rings. The van der Waals surface area contributed by atoms with Gasteiger partial charge in [-0.3, -0.25) is 4.79 Å². The first-order valence-corrected chi connectivity index (χ1v) is 4.86. The minimum absolute atomic E-state index is 0.213. The average Bonchev–Trinajstić information content (AvgIpc) is 2.27. The Kier molecular flexibility index (Phi) is 3.52. The van der Waals surface area contributed by atoms with Crippen molar-refractivity contribution in [1.29, 1.82) is 0 Å². The Morgan fingerprint density at radius 1 is 1.40 bits per heavy atom. The number of aliphatic hydroxyl groups excluding tert-OH is 1. The van der Waals surface area contributed by atoms with E-state index >= 15 is 0 Å². The van der Waals surface area contributed by atoms with Gasteiger partial charge in [-0.2, -0.15) is 0 Å². The molecule has 1 rings (SSSR count). The highest BCUT2D eigenvalue weighted by Gasteiger charge is 2.41. The van der Waals surface area contributed by atoms with E-state index in [1.807, 2.05) is 0 Å². The molecule has 0 aromatic heterocycles.